The average molecular weight is 147 g/mol. The highest BCUT2D eigenvalue weighted by molar-refractivity contribution is 4.51. The van der Waals surface area contributed by atoms with Gasteiger partial charge < -0.3 is 10.1 Å². The number of rotatable bonds is 5. The van der Waals surface area contributed by atoms with Crippen molar-refractivity contribution in [2.24, 2.45) is 0 Å². The number of hydrogen-bond donors (Lipinski definition) is 1. The van der Waals surface area contributed by atoms with E-state index < -0.39 is 0 Å². The van der Waals surface area contributed by atoms with E-state index in [9.17, 15) is 0 Å². The van der Waals surface area contributed by atoms with Gasteiger partial charge in [-0.3, -0.25) is 0 Å². The number of nitrogens with one attached hydrogen (secondary N) is 1. The normalized spacial score (nSPS) is 11.4. The molecule has 0 radical (unpaired) electrons. The van der Waals surface area contributed by atoms with Gasteiger partial charge in [-0.25, -0.2) is 0 Å². The second-order valence-corrected chi connectivity index (χ2v) is 3.03. The Morgan fingerprint density at radius 2 is 1.90 bits per heavy atom. The molecule has 0 bridgehead atoms. The zero-order valence-corrected chi connectivity index (χ0v) is 7.48. The van der Waals surface area contributed by atoms with Gasteiger partial charge in [0.15, 0.2) is 0 Å². The minimum atomic E-state index is 0. The summed E-state index contributed by atoms with van der Waals surface area (Å²) in [5.74, 6) is 0. The van der Waals surface area contributed by atoms with E-state index in [1.54, 1.807) is 0 Å². The zero-order valence-electron chi connectivity index (χ0n) is 7.48. The first-order valence-corrected chi connectivity index (χ1v) is 3.98. The lowest BCUT2D eigenvalue weighted by atomic mass is 10.4. The Hall–Kier alpha value is -0.0800. The van der Waals surface area contributed by atoms with Crippen molar-refractivity contribution in [3.05, 3.63) is 0 Å². The molecule has 2 heteroatoms. The van der Waals surface area contributed by atoms with Gasteiger partial charge in [-0.2, -0.15) is 0 Å². The van der Waals surface area contributed by atoms with Crippen molar-refractivity contribution in [1.82, 2.24) is 5.32 Å². The van der Waals surface area contributed by atoms with Gasteiger partial charge in [0.25, 0.3) is 0 Å². The van der Waals surface area contributed by atoms with Crippen molar-refractivity contribution in [3.63, 3.8) is 0 Å². The molecule has 64 valence electrons. The molecule has 0 aliphatic heterocycles. The molecule has 0 aliphatic rings. The molecule has 0 amide bonds. The van der Waals surface area contributed by atoms with Crippen molar-refractivity contribution in [2.45, 2.75) is 39.8 Å². The molecule has 0 unspecified atom stereocenters. The van der Waals surface area contributed by atoms with Crippen LogP contribution in [0.1, 0.15) is 29.1 Å². The Bertz CT molecular complexity index is 66.5. The van der Waals surface area contributed by atoms with E-state index in [1.165, 1.54) is 0 Å². The van der Waals surface area contributed by atoms with Gasteiger partial charge in [-0.05, 0) is 13.8 Å². The Morgan fingerprint density at radius 3 is 2.30 bits per heavy atom. The van der Waals surface area contributed by atoms with Gasteiger partial charge in [0.2, 0.25) is 0 Å². The third-order valence-corrected chi connectivity index (χ3v) is 1.11. The molecule has 0 saturated carbocycles. The second kappa shape index (κ2) is 5.69. The summed E-state index contributed by atoms with van der Waals surface area (Å²) < 4.78 is 5.33. The minimum Gasteiger partial charge on any atom is -0.377 e. The Balaban J connectivity index is 0. The molecule has 0 spiro atoms. The highest BCUT2D eigenvalue weighted by Gasteiger charge is 1.93. The first kappa shape index (κ1) is 9.92. The monoisotopic (exact) mass is 147 g/mol. The fourth-order valence-electron chi connectivity index (χ4n) is 0.642. The van der Waals surface area contributed by atoms with Crippen LogP contribution in [0, 0.1) is 0 Å². The summed E-state index contributed by atoms with van der Waals surface area (Å²) in [6.45, 7) is 10.1. The first-order chi connectivity index (χ1) is 4.63. The van der Waals surface area contributed by atoms with Crippen LogP contribution < -0.4 is 5.32 Å². The van der Waals surface area contributed by atoms with Crippen LogP contribution in [-0.4, -0.2) is 25.3 Å². The van der Waals surface area contributed by atoms with Gasteiger partial charge in [0, 0.05) is 14.0 Å². The van der Waals surface area contributed by atoms with Crippen LogP contribution >= 0.6 is 0 Å². The van der Waals surface area contributed by atoms with Crippen molar-refractivity contribution >= 4 is 0 Å². The lowest BCUT2D eigenvalue weighted by Crippen LogP contribution is -2.27. The smallest absolute Gasteiger partial charge is 0.0594 e. The molecule has 0 aromatic rings. The predicted octanol–water partition coefficient (Wildman–Crippen LogP) is 1.66. The molecule has 0 heterocycles. The Labute approximate surface area is 65.4 Å². The molecular formula is C8H21NO. The van der Waals surface area contributed by atoms with Crippen molar-refractivity contribution in [2.75, 3.05) is 13.2 Å². The molecular weight excluding hydrogens is 126 g/mol. The molecule has 0 aliphatic carbocycles. The van der Waals surface area contributed by atoms with Crippen LogP contribution in [0.25, 0.3) is 0 Å². The molecule has 0 aromatic heterocycles. The summed E-state index contributed by atoms with van der Waals surface area (Å²) in [4.78, 5) is 0. The van der Waals surface area contributed by atoms with Crippen LogP contribution in [0.4, 0.5) is 0 Å². The molecule has 0 atom stereocenters. The lowest BCUT2D eigenvalue weighted by Gasteiger charge is -2.10. The van der Waals surface area contributed by atoms with Crippen molar-refractivity contribution < 1.29 is 6.16 Å². The third-order valence-electron chi connectivity index (χ3n) is 1.11. The van der Waals surface area contributed by atoms with Gasteiger partial charge in [0.05, 0.1) is 12.7 Å². The summed E-state index contributed by atoms with van der Waals surface area (Å²) in [5.41, 5.74) is 0. The van der Waals surface area contributed by atoms with E-state index in [0.29, 0.717) is 12.1 Å². The molecule has 0 aromatic carbocycles. The summed E-state index contributed by atoms with van der Waals surface area (Å²) in [7, 11) is 0. The lowest BCUT2D eigenvalue weighted by molar-refractivity contribution is 0.0799. The summed E-state index contributed by atoms with van der Waals surface area (Å²) in [5, 5.41) is 3.28. The largest absolute Gasteiger partial charge is 0.377 e. The molecule has 0 fully saturated rings. The van der Waals surface area contributed by atoms with Gasteiger partial charge in [-0.1, -0.05) is 13.8 Å². The molecule has 0 saturated heterocycles. The summed E-state index contributed by atoms with van der Waals surface area (Å²) >= 11 is 0. The number of ether oxygens (including phenoxy) is 1. The second-order valence-electron chi connectivity index (χ2n) is 3.03. The molecule has 0 rings (SSSR count). The molecule has 10 heavy (non-hydrogen) atoms. The maximum atomic E-state index is 5.33. The van der Waals surface area contributed by atoms with Gasteiger partial charge in [0.1, 0.15) is 0 Å². The minimum absolute atomic E-state index is 0. The predicted molar refractivity (Wildman–Crippen MR) is 46.3 cm³/mol. The standard InChI is InChI=1S/C8H19NO.H2/c1-7(2)9-5-6-10-8(3)4;/h7-9H,5-6H2,1-4H3;1H. The fourth-order valence-corrected chi connectivity index (χ4v) is 0.642. The van der Waals surface area contributed by atoms with Crippen LogP contribution in [-0.2, 0) is 4.74 Å². The van der Waals surface area contributed by atoms with E-state index in [2.05, 4.69) is 33.0 Å². The third kappa shape index (κ3) is 7.92. The summed E-state index contributed by atoms with van der Waals surface area (Å²) in [6, 6.07) is 0.566. The van der Waals surface area contributed by atoms with Crippen LogP contribution in [0.15, 0.2) is 0 Å². The Kier molecular flexibility index (Phi) is 5.64. The highest BCUT2D eigenvalue weighted by atomic mass is 16.5. The zero-order chi connectivity index (χ0) is 7.98. The van der Waals surface area contributed by atoms with Gasteiger partial charge in [-0.15, -0.1) is 0 Å². The van der Waals surface area contributed by atoms with Crippen LogP contribution in [0.2, 0.25) is 0 Å². The van der Waals surface area contributed by atoms with Crippen LogP contribution in [0.3, 0.4) is 0 Å². The van der Waals surface area contributed by atoms with E-state index >= 15 is 0 Å². The van der Waals surface area contributed by atoms with Crippen LogP contribution in [0.5, 0.6) is 0 Å². The first-order valence-electron chi connectivity index (χ1n) is 3.98. The average Bonchev–Trinajstić information content (AvgIpc) is 1.79. The van der Waals surface area contributed by atoms with Gasteiger partial charge >= 0.3 is 0 Å². The fraction of sp³-hybridized carbons (Fsp3) is 1.00. The molecule has 2 nitrogen and oxygen atoms in total. The van der Waals surface area contributed by atoms with Crippen molar-refractivity contribution in [3.8, 4) is 0 Å². The topological polar surface area (TPSA) is 21.3 Å². The number of hydrogen-bond acceptors (Lipinski definition) is 2. The van der Waals surface area contributed by atoms with Crippen molar-refractivity contribution in [1.29, 1.82) is 0 Å². The van der Waals surface area contributed by atoms with E-state index in [1.807, 2.05) is 0 Å². The SMILES string of the molecule is CC(C)NCCOC(C)C.[HH]. The highest BCUT2D eigenvalue weighted by Crippen LogP contribution is 1.85. The van der Waals surface area contributed by atoms with E-state index in [0.717, 1.165) is 13.2 Å². The molecule has 1 N–H and O–H groups in total. The quantitative estimate of drug-likeness (QED) is 0.597. The van der Waals surface area contributed by atoms with E-state index in [-0.39, 0.29) is 1.43 Å². The maximum Gasteiger partial charge on any atom is 0.0594 e. The maximum absolute atomic E-state index is 5.33. The Morgan fingerprint density at radius 1 is 1.30 bits per heavy atom. The summed E-state index contributed by atoms with van der Waals surface area (Å²) in [6.07, 6.45) is 0.356. The van der Waals surface area contributed by atoms with E-state index in [4.69, 9.17) is 4.74 Å².